The molecule has 0 heterocycles. The molecule has 0 saturated heterocycles. The average Bonchev–Trinajstić information content (AvgIpc) is 2.44. The first-order chi connectivity index (χ1) is 10.5. The van der Waals surface area contributed by atoms with Crippen molar-refractivity contribution in [3.63, 3.8) is 0 Å². The van der Waals surface area contributed by atoms with Crippen LogP contribution in [0.4, 0.5) is 0 Å². The van der Waals surface area contributed by atoms with Gasteiger partial charge in [0.25, 0.3) is 0 Å². The molecule has 0 aromatic rings. The van der Waals surface area contributed by atoms with Gasteiger partial charge in [0.2, 0.25) is 0 Å². The predicted octanol–water partition coefficient (Wildman–Crippen LogP) is -0.921. The highest BCUT2D eigenvalue weighted by molar-refractivity contribution is 5.80. The van der Waals surface area contributed by atoms with E-state index in [1.54, 1.807) is 4.90 Å². The van der Waals surface area contributed by atoms with Crippen molar-refractivity contribution < 1.29 is 30.0 Å². The Hall–Kier alpha value is -1.48. The third-order valence-corrected chi connectivity index (χ3v) is 3.21. The third-order valence-electron chi connectivity index (χ3n) is 3.21. The summed E-state index contributed by atoms with van der Waals surface area (Å²) in [5.74, 6) is -2.34. The number of carbonyl (C=O) groups is 2. The van der Waals surface area contributed by atoms with E-state index in [0.29, 0.717) is 32.6 Å². The molecule has 0 rings (SSSR count). The maximum absolute atomic E-state index is 11.2. The van der Waals surface area contributed by atoms with Crippen molar-refractivity contribution in [1.29, 1.82) is 0 Å². The van der Waals surface area contributed by atoms with Crippen LogP contribution in [0, 0.1) is 0 Å². The molecule has 0 saturated carbocycles. The number of aliphatic hydroxyl groups excluding tert-OH is 2. The van der Waals surface area contributed by atoms with Gasteiger partial charge in [0.15, 0.2) is 0 Å². The van der Waals surface area contributed by atoms with Crippen molar-refractivity contribution in [3.05, 3.63) is 12.7 Å². The Morgan fingerprint density at radius 3 is 2.05 bits per heavy atom. The first kappa shape index (κ1) is 20.5. The van der Waals surface area contributed by atoms with E-state index >= 15 is 0 Å². The highest BCUT2D eigenvalue weighted by Crippen LogP contribution is 2.07. The molecule has 8 nitrogen and oxygen atoms in total. The van der Waals surface area contributed by atoms with Crippen LogP contribution in [-0.4, -0.2) is 94.1 Å². The number of aliphatic carboxylic acids is 2. The molecule has 0 radical (unpaired) electrons. The molecule has 0 fully saturated rings. The zero-order chi connectivity index (χ0) is 17.0. The van der Waals surface area contributed by atoms with Crippen LogP contribution in [0.2, 0.25) is 0 Å². The van der Waals surface area contributed by atoms with Crippen LogP contribution >= 0.6 is 0 Å². The lowest BCUT2D eigenvalue weighted by atomic mass is 10.1. The Bertz CT molecular complexity index is 344. The minimum atomic E-state index is -1.17. The average molecular weight is 318 g/mol. The number of hydrogen-bond acceptors (Lipinski definition) is 6. The molecule has 0 aromatic heterocycles. The Balaban J connectivity index is 4.56. The second-order valence-electron chi connectivity index (χ2n) is 4.88. The van der Waals surface area contributed by atoms with E-state index in [1.165, 1.54) is 6.08 Å². The van der Waals surface area contributed by atoms with Crippen LogP contribution in [0.3, 0.4) is 0 Å². The lowest BCUT2D eigenvalue weighted by molar-refractivity contribution is -0.149. The molecule has 0 bridgehead atoms. The molecule has 128 valence electrons. The Labute approximate surface area is 130 Å². The van der Waals surface area contributed by atoms with Gasteiger partial charge in [-0.25, -0.2) is 0 Å². The van der Waals surface area contributed by atoms with Gasteiger partial charge >= 0.3 is 11.9 Å². The van der Waals surface area contributed by atoms with Gasteiger partial charge in [-0.3, -0.25) is 19.4 Å². The molecule has 0 aliphatic heterocycles. The molecule has 1 atom stereocenters. The highest BCUT2D eigenvalue weighted by atomic mass is 16.4. The smallest absolute Gasteiger partial charge is 0.321 e. The van der Waals surface area contributed by atoms with Crippen molar-refractivity contribution in [1.82, 2.24) is 9.80 Å². The maximum atomic E-state index is 11.2. The van der Waals surface area contributed by atoms with Gasteiger partial charge in [-0.15, -0.1) is 6.58 Å². The van der Waals surface area contributed by atoms with E-state index in [1.807, 2.05) is 4.90 Å². The van der Waals surface area contributed by atoms with Gasteiger partial charge < -0.3 is 20.4 Å². The van der Waals surface area contributed by atoms with Crippen molar-refractivity contribution in [2.24, 2.45) is 0 Å². The molecular formula is C14H26N2O6. The van der Waals surface area contributed by atoms with Crippen LogP contribution in [0.1, 0.15) is 12.8 Å². The van der Waals surface area contributed by atoms with Gasteiger partial charge in [-0.1, -0.05) is 6.08 Å². The molecule has 0 aliphatic carbocycles. The molecule has 1 unspecified atom stereocenters. The van der Waals surface area contributed by atoms with Gasteiger partial charge in [-0.2, -0.15) is 0 Å². The van der Waals surface area contributed by atoms with E-state index in [9.17, 15) is 14.7 Å². The van der Waals surface area contributed by atoms with Crippen LogP contribution in [-0.2, 0) is 9.59 Å². The summed E-state index contributed by atoms with van der Waals surface area (Å²) < 4.78 is 0. The maximum Gasteiger partial charge on any atom is 0.321 e. The number of hydrogen-bond donors (Lipinski definition) is 4. The van der Waals surface area contributed by atoms with Crippen molar-refractivity contribution >= 4 is 11.9 Å². The lowest BCUT2D eigenvalue weighted by Gasteiger charge is -2.28. The van der Waals surface area contributed by atoms with Crippen LogP contribution in [0.5, 0.6) is 0 Å². The van der Waals surface area contributed by atoms with Gasteiger partial charge in [0.1, 0.15) is 6.04 Å². The monoisotopic (exact) mass is 318 g/mol. The lowest BCUT2D eigenvalue weighted by Crippen LogP contribution is -2.44. The van der Waals surface area contributed by atoms with Gasteiger partial charge in [-0.05, 0) is 13.0 Å². The topological polar surface area (TPSA) is 122 Å². The Morgan fingerprint density at radius 2 is 1.64 bits per heavy atom. The fourth-order valence-electron chi connectivity index (χ4n) is 2.19. The largest absolute Gasteiger partial charge is 0.481 e. The zero-order valence-corrected chi connectivity index (χ0v) is 12.7. The fourth-order valence-corrected chi connectivity index (χ4v) is 2.19. The second kappa shape index (κ2) is 12.1. The van der Waals surface area contributed by atoms with E-state index < -0.39 is 24.4 Å². The van der Waals surface area contributed by atoms with Crippen molar-refractivity contribution in [2.75, 3.05) is 45.9 Å². The Kier molecular flexibility index (Phi) is 11.3. The number of aliphatic hydroxyl groups is 2. The van der Waals surface area contributed by atoms with Crippen molar-refractivity contribution in [2.45, 2.75) is 18.9 Å². The molecule has 22 heavy (non-hydrogen) atoms. The molecule has 4 N–H and O–H groups in total. The SMILES string of the molecule is C=CCN(CCCN(CCO)CCO)C(CC(=O)O)C(=O)O. The molecule has 0 aliphatic rings. The first-order valence-corrected chi connectivity index (χ1v) is 7.19. The molecule has 0 spiro atoms. The van der Waals surface area contributed by atoms with Crippen molar-refractivity contribution in [3.8, 4) is 0 Å². The first-order valence-electron chi connectivity index (χ1n) is 7.19. The minimum Gasteiger partial charge on any atom is -0.481 e. The predicted molar refractivity (Wildman–Crippen MR) is 80.7 cm³/mol. The number of rotatable bonds is 14. The third kappa shape index (κ3) is 8.73. The summed E-state index contributed by atoms with van der Waals surface area (Å²) in [6, 6.07) is -1.10. The molecule has 0 amide bonds. The Morgan fingerprint density at radius 1 is 1.05 bits per heavy atom. The summed E-state index contributed by atoms with van der Waals surface area (Å²) in [4.78, 5) is 25.4. The fraction of sp³-hybridized carbons (Fsp3) is 0.714. The van der Waals surface area contributed by atoms with E-state index in [4.69, 9.17) is 15.3 Å². The highest BCUT2D eigenvalue weighted by Gasteiger charge is 2.27. The molecule has 0 aromatic carbocycles. The van der Waals surface area contributed by atoms with Gasteiger partial charge in [0, 0.05) is 26.2 Å². The van der Waals surface area contributed by atoms with Crippen LogP contribution in [0.15, 0.2) is 12.7 Å². The number of carboxylic acids is 2. The van der Waals surface area contributed by atoms with Crippen LogP contribution < -0.4 is 0 Å². The molecule has 8 heteroatoms. The normalized spacial score (nSPS) is 12.5. The zero-order valence-electron chi connectivity index (χ0n) is 12.7. The summed E-state index contributed by atoms with van der Waals surface area (Å²) in [6.07, 6.45) is 1.66. The molecular weight excluding hydrogens is 292 g/mol. The summed E-state index contributed by atoms with van der Waals surface area (Å²) in [5, 5.41) is 35.9. The second-order valence-corrected chi connectivity index (χ2v) is 4.88. The summed E-state index contributed by atoms with van der Waals surface area (Å²) in [6.45, 7) is 5.64. The number of carboxylic acid groups (broad SMARTS) is 2. The number of nitrogens with zero attached hydrogens (tertiary/aromatic N) is 2. The summed E-state index contributed by atoms with van der Waals surface area (Å²) in [7, 11) is 0. The summed E-state index contributed by atoms with van der Waals surface area (Å²) >= 11 is 0. The quantitative estimate of drug-likeness (QED) is 0.303. The van der Waals surface area contributed by atoms with Crippen LogP contribution in [0.25, 0.3) is 0 Å². The minimum absolute atomic E-state index is 0.0207. The summed E-state index contributed by atoms with van der Waals surface area (Å²) in [5.41, 5.74) is 0. The standard InChI is InChI=1S/C14H26N2O6/c1-2-4-16(12(14(21)22)11-13(19)20)6-3-5-15(7-9-17)8-10-18/h2,12,17-18H,1,3-11H2,(H,19,20)(H,21,22). The van der Waals surface area contributed by atoms with E-state index in [-0.39, 0.29) is 19.8 Å². The van der Waals surface area contributed by atoms with Gasteiger partial charge in [0.05, 0.1) is 19.6 Å². The van der Waals surface area contributed by atoms with E-state index in [2.05, 4.69) is 6.58 Å². The van der Waals surface area contributed by atoms with E-state index in [0.717, 1.165) is 0 Å².